The van der Waals surface area contributed by atoms with Crippen molar-refractivity contribution in [2.45, 2.75) is 4.90 Å². The molecule has 0 spiro atoms. The zero-order chi connectivity index (χ0) is 9.40. The molecular weight excluding hydrogens is 178 g/mol. The topological polar surface area (TPSA) is 81.0 Å². The van der Waals surface area contributed by atoms with Crippen molar-refractivity contribution in [3.05, 3.63) is 30.3 Å². The van der Waals surface area contributed by atoms with Gasteiger partial charge in [-0.3, -0.25) is 4.21 Å². The number of carbonyl (C=O) groups excluding carboxylic acids is 1. The molecule has 0 aliphatic rings. The van der Waals surface area contributed by atoms with Crippen LogP contribution in [0, 0.1) is 5.41 Å². The monoisotopic (exact) mass is 184 g/mol. The first-order chi connectivity index (χ1) is 5.72. The van der Waals surface area contributed by atoms with Crippen LogP contribution in [-0.4, -0.2) is 14.8 Å². The lowest BCUT2D eigenvalue weighted by molar-refractivity contribution is 0.537. The van der Waals surface area contributed by atoms with E-state index in [4.69, 9.17) is 10.2 Å². The van der Waals surface area contributed by atoms with Crippen LogP contribution in [-0.2, 0) is 15.9 Å². The Morgan fingerprint density at radius 1 is 1.33 bits per heavy atom. The van der Waals surface area contributed by atoms with Crippen LogP contribution >= 0.6 is 0 Å². The molecule has 0 saturated carbocycles. The fourth-order valence-electron chi connectivity index (χ4n) is 0.532. The molecule has 0 aromatic heterocycles. The van der Waals surface area contributed by atoms with Gasteiger partial charge < -0.3 is 4.55 Å². The van der Waals surface area contributed by atoms with Gasteiger partial charge in [0.05, 0.1) is 0 Å². The average Bonchev–Trinajstić information content (AvgIpc) is 2.07. The minimum absolute atomic E-state index is 0.331. The summed E-state index contributed by atoms with van der Waals surface area (Å²) in [6, 6.07) is 8.23. The van der Waals surface area contributed by atoms with Crippen molar-refractivity contribution in [1.82, 2.24) is 0 Å². The molecule has 0 aliphatic heterocycles. The van der Waals surface area contributed by atoms with E-state index >= 15 is 0 Å². The summed E-state index contributed by atoms with van der Waals surface area (Å²) in [4.78, 5) is 8.68. The lowest BCUT2D eigenvalue weighted by Gasteiger charge is -2.01. The zero-order valence-corrected chi connectivity index (χ0v) is 6.84. The summed E-state index contributed by atoms with van der Waals surface area (Å²) >= 11 is -2.08. The van der Waals surface area contributed by atoms with Crippen molar-refractivity contribution in [2.24, 2.45) is 0 Å². The number of benzene rings is 1. The van der Waals surface area contributed by atoms with Crippen LogP contribution in [0.5, 0.6) is 0 Å². The van der Waals surface area contributed by atoms with E-state index in [0.717, 1.165) is 6.08 Å². The standard InChI is InChI=1S/C6H6O2S.CHNO/c7-9(8)6-4-2-1-3-5-6;2-1-3/h1-5H,(H,7,8);2H/p-1. The Hall–Kier alpha value is -1.29. The molecule has 0 fully saturated rings. The number of isocyanates is 1. The fraction of sp³-hybridized carbons (Fsp3) is 0. The van der Waals surface area contributed by atoms with Gasteiger partial charge in [-0.1, -0.05) is 18.2 Å². The average molecular weight is 184 g/mol. The lowest BCUT2D eigenvalue weighted by atomic mass is 10.4. The van der Waals surface area contributed by atoms with Gasteiger partial charge in [0.2, 0.25) is 6.08 Å². The van der Waals surface area contributed by atoms with E-state index in [1.165, 1.54) is 0 Å². The molecule has 1 aromatic rings. The third-order valence-corrected chi connectivity index (χ3v) is 1.59. The summed E-state index contributed by atoms with van der Waals surface area (Å²) in [7, 11) is 0. The predicted molar refractivity (Wildman–Crippen MR) is 42.0 cm³/mol. The van der Waals surface area contributed by atoms with Crippen molar-refractivity contribution in [3.8, 4) is 0 Å². The maximum Gasteiger partial charge on any atom is 0.231 e. The lowest BCUT2D eigenvalue weighted by Crippen LogP contribution is -1.85. The van der Waals surface area contributed by atoms with E-state index in [-0.39, 0.29) is 0 Å². The maximum atomic E-state index is 10.2. The molecule has 0 aliphatic carbocycles. The maximum absolute atomic E-state index is 10.2. The summed E-state index contributed by atoms with van der Waals surface area (Å²) in [5, 5.41) is 5.40. The Kier molecular flexibility index (Phi) is 5.73. The van der Waals surface area contributed by atoms with Crippen LogP contribution in [0.2, 0.25) is 0 Å². The van der Waals surface area contributed by atoms with E-state index in [1.807, 2.05) is 0 Å². The SMILES string of the molecule is N=C=O.O=S([O-])c1ccccc1. The zero-order valence-electron chi connectivity index (χ0n) is 6.02. The normalized spacial score (nSPS) is 10.4. The highest BCUT2D eigenvalue weighted by atomic mass is 32.2. The highest BCUT2D eigenvalue weighted by molar-refractivity contribution is 7.79. The van der Waals surface area contributed by atoms with Crippen molar-refractivity contribution in [2.75, 3.05) is 0 Å². The highest BCUT2D eigenvalue weighted by Crippen LogP contribution is 2.00. The number of nitrogens with one attached hydrogen (secondary N) is 1. The molecular formula is C7H6NO3S-. The molecule has 12 heavy (non-hydrogen) atoms. The van der Waals surface area contributed by atoms with Gasteiger partial charge in [-0.2, -0.15) is 0 Å². The van der Waals surface area contributed by atoms with Gasteiger partial charge in [-0.05, 0) is 23.2 Å². The quantitative estimate of drug-likeness (QED) is 0.398. The second-order valence-corrected chi connectivity index (χ2v) is 2.59. The molecule has 1 rings (SSSR count). The Balaban J connectivity index is 0.000000354. The molecule has 1 atom stereocenters. The fourth-order valence-corrected chi connectivity index (χ4v) is 0.911. The molecule has 5 heteroatoms. The molecule has 4 nitrogen and oxygen atoms in total. The van der Waals surface area contributed by atoms with Crippen LogP contribution in [0.4, 0.5) is 0 Å². The van der Waals surface area contributed by atoms with E-state index in [1.54, 1.807) is 30.3 Å². The minimum atomic E-state index is -2.08. The van der Waals surface area contributed by atoms with Gasteiger partial charge in [0.1, 0.15) is 0 Å². The van der Waals surface area contributed by atoms with Crippen LogP contribution in [0.3, 0.4) is 0 Å². The molecule has 0 heterocycles. The van der Waals surface area contributed by atoms with Crippen molar-refractivity contribution in [1.29, 1.82) is 5.41 Å². The van der Waals surface area contributed by atoms with E-state index in [0.29, 0.717) is 4.90 Å². The molecule has 0 amide bonds. The summed E-state index contributed by atoms with van der Waals surface area (Å²) in [6.45, 7) is 0. The summed E-state index contributed by atoms with van der Waals surface area (Å²) in [5.74, 6) is 0. The van der Waals surface area contributed by atoms with Gasteiger partial charge in [0.15, 0.2) is 0 Å². The van der Waals surface area contributed by atoms with Crippen molar-refractivity contribution >= 4 is 17.2 Å². The molecule has 1 unspecified atom stereocenters. The molecule has 1 aromatic carbocycles. The Morgan fingerprint density at radius 2 is 1.75 bits per heavy atom. The second-order valence-electron chi connectivity index (χ2n) is 1.65. The van der Waals surface area contributed by atoms with E-state index in [2.05, 4.69) is 0 Å². The second kappa shape index (κ2) is 6.42. The van der Waals surface area contributed by atoms with Crippen LogP contribution in [0.1, 0.15) is 0 Å². The molecule has 0 radical (unpaired) electrons. The first-order valence-corrected chi connectivity index (χ1v) is 3.98. The first-order valence-electron chi connectivity index (χ1n) is 2.90. The van der Waals surface area contributed by atoms with Gasteiger partial charge >= 0.3 is 0 Å². The van der Waals surface area contributed by atoms with Crippen molar-refractivity contribution in [3.63, 3.8) is 0 Å². The predicted octanol–water partition coefficient (Wildman–Crippen LogP) is 0.826. The number of hydrogen-bond donors (Lipinski definition) is 1. The van der Waals surface area contributed by atoms with E-state index in [9.17, 15) is 8.76 Å². The van der Waals surface area contributed by atoms with Crippen LogP contribution in [0.25, 0.3) is 0 Å². The van der Waals surface area contributed by atoms with Crippen molar-refractivity contribution < 1.29 is 13.6 Å². The summed E-state index contributed by atoms with van der Waals surface area (Å²) < 4.78 is 20.4. The van der Waals surface area contributed by atoms with Gasteiger partial charge in [-0.15, -0.1) is 0 Å². The Bertz CT molecular complexity index is 280. The minimum Gasteiger partial charge on any atom is -0.768 e. The van der Waals surface area contributed by atoms with Crippen LogP contribution in [0.15, 0.2) is 35.2 Å². The first kappa shape index (κ1) is 10.7. The van der Waals surface area contributed by atoms with Crippen LogP contribution < -0.4 is 0 Å². The van der Waals surface area contributed by atoms with E-state index < -0.39 is 11.1 Å². The summed E-state index contributed by atoms with van der Waals surface area (Å²) in [6.07, 6.45) is 0.750. The Morgan fingerprint density at radius 3 is 2.00 bits per heavy atom. The highest BCUT2D eigenvalue weighted by Gasteiger charge is 1.84. The number of hydrogen-bond acceptors (Lipinski definition) is 4. The third-order valence-electron chi connectivity index (χ3n) is 0.936. The molecule has 0 saturated heterocycles. The van der Waals surface area contributed by atoms with Gasteiger partial charge in [0, 0.05) is 4.90 Å². The third kappa shape index (κ3) is 4.51. The number of rotatable bonds is 1. The molecule has 1 N–H and O–H groups in total. The van der Waals surface area contributed by atoms with Gasteiger partial charge in [-0.25, -0.2) is 10.2 Å². The molecule has 64 valence electrons. The van der Waals surface area contributed by atoms with Gasteiger partial charge in [0.25, 0.3) is 0 Å². The summed E-state index contributed by atoms with van der Waals surface area (Å²) in [5.41, 5.74) is 0. The molecule has 0 bridgehead atoms. The Labute approximate surface area is 72.0 Å². The largest absolute Gasteiger partial charge is 0.768 e. The smallest absolute Gasteiger partial charge is 0.231 e.